The molecule has 0 aromatic heterocycles. The van der Waals surface area contributed by atoms with E-state index in [1.807, 2.05) is 0 Å². The highest BCUT2D eigenvalue weighted by Crippen LogP contribution is 2.33. The molecule has 0 aromatic rings. The third-order valence-corrected chi connectivity index (χ3v) is 3.10. The second kappa shape index (κ2) is 3.66. The van der Waals surface area contributed by atoms with Gasteiger partial charge in [0.05, 0.1) is 0 Å². The van der Waals surface area contributed by atoms with Gasteiger partial charge in [-0.1, -0.05) is 18.1 Å². The van der Waals surface area contributed by atoms with Gasteiger partial charge in [-0.25, -0.2) is 0 Å². The van der Waals surface area contributed by atoms with E-state index in [1.54, 1.807) is 5.57 Å². The number of hydrogen-bond donors (Lipinski definition) is 1. The summed E-state index contributed by atoms with van der Waals surface area (Å²) in [6.07, 6.45) is 3.90. The molecular formula is C10H18S. The molecule has 1 rings (SSSR count). The van der Waals surface area contributed by atoms with Crippen LogP contribution in [0.4, 0.5) is 0 Å². The second-order valence-corrected chi connectivity index (χ2v) is 4.54. The predicted octanol–water partition coefficient (Wildman–Crippen LogP) is 3.44. The van der Waals surface area contributed by atoms with Gasteiger partial charge in [0, 0.05) is 5.25 Å². The molecule has 11 heavy (non-hydrogen) atoms. The molecule has 0 bridgehead atoms. The molecule has 2 atom stereocenters. The van der Waals surface area contributed by atoms with Crippen LogP contribution in [-0.2, 0) is 0 Å². The summed E-state index contributed by atoms with van der Waals surface area (Å²) >= 11 is 4.60. The zero-order valence-electron chi connectivity index (χ0n) is 7.72. The minimum atomic E-state index is 0.545. The lowest BCUT2D eigenvalue weighted by atomic mass is 9.85. The normalized spacial score (nSPS) is 32.2. The van der Waals surface area contributed by atoms with Gasteiger partial charge in [-0.15, -0.1) is 0 Å². The smallest absolute Gasteiger partial charge is 0.0231 e. The van der Waals surface area contributed by atoms with E-state index in [0.29, 0.717) is 5.25 Å². The van der Waals surface area contributed by atoms with Crippen molar-refractivity contribution in [3.05, 3.63) is 11.1 Å². The van der Waals surface area contributed by atoms with E-state index in [2.05, 4.69) is 33.4 Å². The fraction of sp³-hybridized carbons (Fsp3) is 0.800. The molecule has 2 unspecified atom stereocenters. The Balaban J connectivity index is 2.65. The fourth-order valence-electron chi connectivity index (χ4n) is 1.79. The summed E-state index contributed by atoms with van der Waals surface area (Å²) in [5, 5.41) is 0.545. The molecule has 0 nitrogen and oxygen atoms in total. The molecule has 0 heterocycles. The molecule has 1 saturated carbocycles. The molecule has 1 heteroatoms. The maximum atomic E-state index is 4.60. The van der Waals surface area contributed by atoms with Crippen molar-refractivity contribution in [1.82, 2.24) is 0 Å². The first-order chi connectivity index (χ1) is 5.11. The Morgan fingerprint density at radius 2 is 2.09 bits per heavy atom. The first-order valence-electron chi connectivity index (χ1n) is 4.45. The molecule has 0 N–H and O–H groups in total. The molecule has 0 amide bonds. The summed E-state index contributed by atoms with van der Waals surface area (Å²) in [6.45, 7) is 6.73. The number of rotatable bonds is 0. The zero-order chi connectivity index (χ0) is 8.43. The summed E-state index contributed by atoms with van der Waals surface area (Å²) in [4.78, 5) is 0. The minimum Gasteiger partial charge on any atom is -0.171 e. The van der Waals surface area contributed by atoms with Gasteiger partial charge in [-0.2, -0.15) is 12.6 Å². The first kappa shape index (κ1) is 9.18. The lowest BCUT2D eigenvalue weighted by Crippen LogP contribution is -2.16. The molecule has 1 aliphatic rings. The van der Waals surface area contributed by atoms with Crippen LogP contribution in [0.15, 0.2) is 11.1 Å². The molecule has 0 aliphatic heterocycles. The van der Waals surface area contributed by atoms with Crippen molar-refractivity contribution in [1.29, 1.82) is 0 Å². The molecular weight excluding hydrogens is 152 g/mol. The van der Waals surface area contributed by atoms with Gasteiger partial charge in [0.25, 0.3) is 0 Å². The van der Waals surface area contributed by atoms with Crippen LogP contribution < -0.4 is 0 Å². The van der Waals surface area contributed by atoms with Gasteiger partial charge in [0.1, 0.15) is 0 Å². The van der Waals surface area contributed by atoms with Crippen LogP contribution >= 0.6 is 12.6 Å². The highest BCUT2D eigenvalue weighted by atomic mass is 32.1. The van der Waals surface area contributed by atoms with Gasteiger partial charge < -0.3 is 0 Å². The standard InChI is InChI=1S/C10H18S/c1-7(2)9-5-4-8(3)6-10(9)11/h8,10-11H,4-6H2,1-3H3. The van der Waals surface area contributed by atoms with E-state index in [-0.39, 0.29) is 0 Å². The Morgan fingerprint density at radius 3 is 2.55 bits per heavy atom. The summed E-state index contributed by atoms with van der Waals surface area (Å²) in [7, 11) is 0. The third-order valence-electron chi connectivity index (χ3n) is 2.58. The van der Waals surface area contributed by atoms with Crippen molar-refractivity contribution in [2.24, 2.45) is 5.92 Å². The molecule has 0 aromatic carbocycles. The maximum absolute atomic E-state index is 4.60. The van der Waals surface area contributed by atoms with E-state index in [4.69, 9.17) is 0 Å². The number of allylic oxidation sites excluding steroid dienone is 1. The summed E-state index contributed by atoms with van der Waals surface area (Å²) in [5.74, 6) is 0.876. The Bertz CT molecular complexity index is 166. The number of hydrogen-bond acceptors (Lipinski definition) is 1. The van der Waals surface area contributed by atoms with Gasteiger partial charge >= 0.3 is 0 Å². The van der Waals surface area contributed by atoms with Crippen LogP contribution in [0.25, 0.3) is 0 Å². The van der Waals surface area contributed by atoms with Crippen LogP contribution in [0.1, 0.15) is 40.0 Å². The van der Waals surface area contributed by atoms with Crippen molar-refractivity contribution in [3.63, 3.8) is 0 Å². The quantitative estimate of drug-likeness (QED) is 0.418. The van der Waals surface area contributed by atoms with Gasteiger partial charge in [0.2, 0.25) is 0 Å². The second-order valence-electron chi connectivity index (χ2n) is 3.92. The van der Waals surface area contributed by atoms with E-state index >= 15 is 0 Å². The van der Waals surface area contributed by atoms with Gasteiger partial charge in [-0.05, 0) is 39.0 Å². The van der Waals surface area contributed by atoms with Crippen LogP contribution in [0, 0.1) is 5.92 Å². The van der Waals surface area contributed by atoms with Crippen LogP contribution in [0.3, 0.4) is 0 Å². The third kappa shape index (κ3) is 2.26. The Labute approximate surface area is 75.5 Å². The molecule has 0 spiro atoms. The molecule has 1 fully saturated rings. The van der Waals surface area contributed by atoms with Crippen molar-refractivity contribution in [2.75, 3.05) is 0 Å². The van der Waals surface area contributed by atoms with E-state index < -0.39 is 0 Å². The van der Waals surface area contributed by atoms with E-state index in [9.17, 15) is 0 Å². The monoisotopic (exact) mass is 170 g/mol. The topological polar surface area (TPSA) is 0 Å². The highest BCUT2D eigenvalue weighted by Gasteiger charge is 2.20. The Kier molecular flexibility index (Phi) is 3.06. The van der Waals surface area contributed by atoms with Crippen molar-refractivity contribution >= 4 is 12.6 Å². The first-order valence-corrected chi connectivity index (χ1v) is 4.97. The van der Waals surface area contributed by atoms with Gasteiger partial charge in [-0.3, -0.25) is 0 Å². The van der Waals surface area contributed by atoms with Crippen molar-refractivity contribution < 1.29 is 0 Å². The summed E-state index contributed by atoms with van der Waals surface area (Å²) < 4.78 is 0. The average Bonchev–Trinajstić information content (AvgIpc) is 1.85. The molecule has 64 valence electrons. The maximum Gasteiger partial charge on any atom is 0.0231 e. The largest absolute Gasteiger partial charge is 0.171 e. The van der Waals surface area contributed by atoms with Crippen molar-refractivity contribution in [2.45, 2.75) is 45.3 Å². The predicted molar refractivity (Wildman–Crippen MR) is 54.2 cm³/mol. The Morgan fingerprint density at radius 1 is 1.45 bits per heavy atom. The van der Waals surface area contributed by atoms with Crippen LogP contribution in [0.2, 0.25) is 0 Å². The SMILES string of the molecule is CC(C)=C1CCC(C)CC1S. The molecule has 0 radical (unpaired) electrons. The lowest BCUT2D eigenvalue weighted by Gasteiger charge is -2.27. The average molecular weight is 170 g/mol. The number of thiol groups is 1. The lowest BCUT2D eigenvalue weighted by molar-refractivity contribution is 0.449. The summed E-state index contributed by atoms with van der Waals surface area (Å²) in [6, 6.07) is 0. The fourth-order valence-corrected chi connectivity index (χ4v) is 2.54. The minimum absolute atomic E-state index is 0.545. The van der Waals surface area contributed by atoms with Gasteiger partial charge in [0.15, 0.2) is 0 Å². The van der Waals surface area contributed by atoms with E-state index in [0.717, 1.165) is 5.92 Å². The molecule has 1 aliphatic carbocycles. The zero-order valence-corrected chi connectivity index (χ0v) is 8.62. The van der Waals surface area contributed by atoms with Crippen molar-refractivity contribution in [3.8, 4) is 0 Å². The van der Waals surface area contributed by atoms with Crippen LogP contribution in [-0.4, -0.2) is 5.25 Å². The highest BCUT2D eigenvalue weighted by molar-refractivity contribution is 7.81. The Hall–Kier alpha value is 0.0900. The van der Waals surface area contributed by atoms with Crippen LogP contribution in [0.5, 0.6) is 0 Å². The molecule has 0 saturated heterocycles. The van der Waals surface area contributed by atoms with E-state index in [1.165, 1.54) is 24.8 Å². The summed E-state index contributed by atoms with van der Waals surface area (Å²) in [5.41, 5.74) is 3.07.